The lowest BCUT2D eigenvalue weighted by Crippen LogP contribution is -2.20. The largest absolute Gasteiger partial charge is 0.448 e. The molecule has 0 bridgehead atoms. The van der Waals surface area contributed by atoms with Crippen molar-refractivity contribution in [2.45, 2.75) is 12.8 Å². The molecule has 0 saturated carbocycles. The highest BCUT2D eigenvalue weighted by atomic mass is 16.5. The van der Waals surface area contributed by atoms with E-state index >= 15 is 0 Å². The van der Waals surface area contributed by atoms with Crippen molar-refractivity contribution in [1.29, 1.82) is 0 Å². The maximum absolute atomic E-state index is 12.2. The summed E-state index contributed by atoms with van der Waals surface area (Å²) in [4.78, 5) is 26.7. The number of pyridine rings is 1. The van der Waals surface area contributed by atoms with Gasteiger partial charge in [0.25, 0.3) is 0 Å². The number of carbonyl (C=O) groups excluding carboxylic acids is 1. The third kappa shape index (κ3) is 2.77. The first-order valence-electron chi connectivity index (χ1n) is 8.45. The third-order valence-corrected chi connectivity index (χ3v) is 4.78. The average molecular weight is 346 g/mol. The van der Waals surface area contributed by atoms with Crippen molar-refractivity contribution in [1.82, 2.24) is 4.98 Å². The van der Waals surface area contributed by atoms with Gasteiger partial charge in [0, 0.05) is 23.7 Å². The van der Waals surface area contributed by atoms with Crippen molar-refractivity contribution < 1.29 is 9.53 Å². The molecule has 0 saturated heterocycles. The van der Waals surface area contributed by atoms with E-state index in [-0.39, 0.29) is 18.0 Å². The minimum atomic E-state index is -0.586. The fraction of sp³-hybridized carbons (Fsp3) is 0.143. The van der Waals surface area contributed by atoms with E-state index in [1.165, 1.54) is 23.4 Å². The van der Waals surface area contributed by atoms with Crippen molar-refractivity contribution in [2.75, 3.05) is 11.9 Å². The zero-order valence-corrected chi connectivity index (χ0v) is 14.3. The molecular weight excluding hydrogens is 328 g/mol. The summed E-state index contributed by atoms with van der Waals surface area (Å²) in [6.45, 7) is 1.88. The van der Waals surface area contributed by atoms with Crippen LogP contribution in [0.15, 0.2) is 65.6 Å². The van der Waals surface area contributed by atoms with Crippen LogP contribution in [0, 0.1) is 6.92 Å². The Morgan fingerprint density at radius 3 is 2.31 bits per heavy atom. The van der Waals surface area contributed by atoms with Crippen LogP contribution in [0.4, 0.5) is 10.6 Å². The van der Waals surface area contributed by atoms with Crippen LogP contribution < -0.4 is 10.7 Å². The van der Waals surface area contributed by atoms with Gasteiger partial charge in [0.05, 0.1) is 0 Å². The number of amides is 1. The van der Waals surface area contributed by atoms with Crippen LogP contribution in [-0.2, 0) is 4.74 Å². The maximum Gasteiger partial charge on any atom is 0.412 e. The molecule has 2 aromatic carbocycles. The van der Waals surface area contributed by atoms with Gasteiger partial charge in [-0.05, 0) is 29.2 Å². The Morgan fingerprint density at radius 2 is 1.65 bits per heavy atom. The van der Waals surface area contributed by atoms with E-state index in [1.807, 2.05) is 24.3 Å². The number of benzene rings is 2. The Hall–Kier alpha value is -3.34. The molecule has 1 amide bonds. The van der Waals surface area contributed by atoms with Crippen LogP contribution in [0.5, 0.6) is 0 Å². The Kier molecular flexibility index (Phi) is 4.05. The SMILES string of the molecule is Cc1c(NC(=O)OCC2c3ccccc3-c3ccccc32)[nH]ccc1=O. The molecule has 1 aliphatic rings. The predicted octanol–water partition coefficient (Wildman–Crippen LogP) is 4.04. The van der Waals surface area contributed by atoms with Gasteiger partial charge in [-0.3, -0.25) is 10.1 Å². The molecule has 130 valence electrons. The molecule has 4 rings (SSSR count). The number of aromatic amines is 1. The lowest BCUT2D eigenvalue weighted by molar-refractivity contribution is 0.158. The van der Waals surface area contributed by atoms with Crippen molar-refractivity contribution >= 4 is 11.9 Å². The molecule has 3 aromatic rings. The number of fused-ring (bicyclic) bond motifs is 3. The van der Waals surface area contributed by atoms with Crippen molar-refractivity contribution in [3.05, 3.63) is 87.7 Å². The molecule has 0 spiro atoms. The highest BCUT2D eigenvalue weighted by Gasteiger charge is 2.29. The molecule has 0 aliphatic heterocycles. The number of anilines is 1. The molecule has 0 fully saturated rings. The first kappa shape index (κ1) is 16.1. The second-order valence-corrected chi connectivity index (χ2v) is 6.29. The van der Waals surface area contributed by atoms with E-state index < -0.39 is 6.09 Å². The number of nitrogens with one attached hydrogen (secondary N) is 2. The summed E-state index contributed by atoms with van der Waals surface area (Å²) in [5.41, 5.74) is 4.98. The quantitative estimate of drug-likeness (QED) is 0.752. The number of hydrogen-bond donors (Lipinski definition) is 2. The van der Waals surface area contributed by atoms with Crippen molar-refractivity contribution in [2.24, 2.45) is 0 Å². The van der Waals surface area contributed by atoms with Gasteiger partial charge in [0.15, 0.2) is 5.43 Å². The molecule has 1 aromatic heterocycles. The van der Waals surface area contributed by atoms with Crippen LogP contribution in [0.2, 0.25) is 0 Å². The summed E-state index contributed by atoms with van der Waals surface area (Å²) in [6.07, 6.45) is 0.908. The summed E-state index contributed by atoms with van der Waals surface area (Å²) in [7, 11) is 0. The molecular formula is C21H18N2O3. The third-order valence-electron chi connectivity index (χ3n) is 4.78. The number of aromatic nitrogens is 1. The number of ether oxygens (including phenoxy) is 1. The summed E-state index contributed by atoms with van der Waals surface area (Å²) in [5.74, 6) is 0.360. The first-order valence-corrected chi connectivity index (χ1v) is 8.45. The Labute approximate surface area is 150 Å². The minimum Gasteiger partial charge on any atom is -0.448 e. The normalized spacial score (nSPS) is 12.3. The van der Waals surface area contributed by atoms with E-state index in [1.54, 1.807) is 6.92 Å². The molecule has 5 nitrogen and oxygen atoms in total. The maximum atomic E-state index is 12.2. The molecule has 1 aliphatic carbocycles. The Morgan fingerprint density at radius 1 is 1.04 bits per heavy atom. The summed E-state index contributed by atoms with van der Waals surface area (Å²) in [6, 6.07) is 17.8. The van der Waals surface area contributed by atoms with Gasteiger partial charge in [-0.15, -0.1) is 0 Å². The zero-order chi connectivity index (χ0) is 18.1. The van der Waals surface area contributed by atoms with Crippen molar-refractivity contribution in [3.63, 3.8) is 0 Å². The Balaban J connectivity index is 1.52. The van der Waals surface area contributed by atoms with Crippen LogP contribution in [0.25, 0.3) is 11.1 Å². The average Bonchev–Trinajstić information content (AvgIpc) is 2.98. The van der Waals surface area contributed by atoms with Gasteiger partial charge in [-0.25, -0.2) is 4.79 Å². The molecule has 1 heterocycles. The van der Waals surface area contributed by atoms with Gasteiger partial charge >= 0.3 is 6.09 Å². The molecule has 26 heavy (non-hydrogen) atoms. The molecule has 5 heteroatoms. The highest BCUT2D eigenvalue weighted by Crippen LogP contribution is 2.44. The molecule has 2 N–H and O–H groups in total. The molecule has 0 unspecified atom stereocenters. The van der Waals surface area contributed by atoms with Crippen LogP contribution >= 0.6 is 0 Å². The standard InChI is InChI=1S/C21H18N2O3/c1-13-19(24)10-11-22-20(13)23-21(25)26-12-18-16-8-4-2-6-14(16)15-7-3-5-9-17(15)18/h2-11,18H,12H2,1H3,(H2,22,23,24,25). The highest BCUT2D eigenvalue weighted by molar-refractivity contribution is 5.84. The zero-order valence-electron chi connectivity index (χ0n) is 14.3. The Bertz CT molecular complexity index is 994. The van der Waals surface area contributed by atoms with Crippen molar-refractivity contribution in [3.8, 4) is 11.1 Å². The van der Waals surface area contributed by atoms with E-state index in [0.29, 0.717) is 11.4 Å². The van der Waals surface area contributed by atoms with Gasteiger partial charge in [-0.2, -0.15) is 0 Å². The monoisotopic (exact) mass is 346 g/mol. The van der Waals surface area contributed by atoms with Gasteiger partial charge in [-0.1, -0.05) is 48.5 Å². The number of rotatable bonds is 3. The molecule has 0 radical (unpaired) electrons. The lowest BCUT2D eigenvalue weighted by atomic mass is 9.98. The van der Waals surface area contributed by atoms with E-state index in [9.17, 15) is 9.59 Å². The van der Waals surface area contributed by atoms with Crippen LogP contribution in [0.1, 0.15) is 22.6 Å². The molecule has 0 atom stereocenters. The summed E-state index contributed by atoms with van der Waals surface area (Å²) >= 11 is 0. The van der Waals surface area contributed by atoms with E-state index in [0.717, 1.165) is 11.1 Å². The van der Waals surface area contributed by atoms with E-state index in [2.05, 4.69) is 34.6 Å². The second kappa shape index (κ2) is 6.52. The predicted molar refractivity (Wildman–Crippen MR) is 100 cm³/mol. The van der Waals surface area contributed by atoms with Gasteiger partial charge in [0.2, 0.25) is 0 Å². The summed E-state index contributed by atoms with van der Waals surface area (Å²) < 4.78 is 5.47. The number of hydrogen-bond acceptors (Lipinski definition) is 3. The number of H-pyrrole nitrogens is 1. The van der Waals surface area contributed by atoms with Gasteiger partial charge in [0.1, 0.15) is 12.4 Å². The fourth-order valence-corrected chi connectivity index (χ4v) is 3.42. The topological polar surface area (TPSA) is 71.2 Å². The van der Waals surface area contributed by atoms with E-state index in [4.69, 9.17) is 4.74 Å². The van der Waals surface area contributed by atoms with Crippen LogP contribution in [0.3, 0.4) is 0 Å². The smallest absolute Gasteiger partial charge is 0.412 e. The van der Waals surface area contributed by atoms with Gasteiger partial charge < -0.3 is 9.72 Å². The lowest BCUT2D eigenvalue weighted by Gasteiger charge is -2.15. The first-order chi connectivity index (χ1) is 12.6. The minimum absolute atomic E-state index is 0.00377. The van der Waals surface area contributed by atoms with Crippen LogP contribution in [-0.4, -0.2) is 17.7 Å². The number of carbonyl (C=O) groups is 1. The second-order valence-electron chi connectivity index (χ2n) is 6.29. The fourth-order valence-electron chi connectivity index (χ4n) is 3.42. The summed E-state index contributed by atoms with van der Waals surface area (Å²) in [5, 5.41) is 2.61.